The Morgan fingerprint density at radius 2 is 1.69 bits per heavy atom. The second-order valence-electron chi connectivity index (χ2n) is 8.79. The van der Waals surface area contributed by atoms with Crippen LogP contribution in [0.1, 0.15) is 60.3 Å². The third kappa shape index (κ3) is 5.23. The summed E-state index contributed by atoms with van der Waals surface area (Å²) in [7, 11) is -3.74. The Labute approximate surface area is 204 Å². The molecule has 0 radical (unpaired) electrons. The van der Waals surface area contributed by atoms with Gasteiger partial charge in [-0.15, -0.1) is 0 Å². The molecular formula is C23H19F3N6O3S. The van der Waals surface area contributed by atoms with Gasteiger partial charge in [0, 0.05) is 29.8 Å². The van der Waals surface area contributed by atoms with Gasteiger partial charge in [-0.25, -0.2) is 23.4 Å². The maximum Gasteiger partial charge on any atom is 0.451 e. The van der Waals surface area contributed by atoms with E-state index in [4.69, 9.17) is 4.74 Å². The molecule has 36 heavy (non-hydrogen) atoms. The van der Waals surface area contributed by atoms with Crippen molar-refractivity contribution in [3.8, 4) is 29.0 Å². The van der Waals surface area contributed by atoms with Crippen molar-refractivity contribution in [2.45, 2.75) is 43.7 Å². The largest absolute Gasteiger partial charge is 0.451 e. The van der Waals surface area contributed by atoms with Crippen LogP contribution in [0.15, 0.2) is 30.6 Å². The molecule has 0 aliphatic heterocycles. The zero-order valence-corrected chi connectivity index (χ0v) is 19.7. The van der Waals surface area contributed by atoms with Crippen LogP contribution < -0.4 is 9.46 Å². The van der Waals surface area contributed by atoms with Crippen LogP contribution in [0, 0.1) is 11.3 Å². The first kappa shape index (κ1) is 23.9. The number of nitrogens with one attached hydrogen (secondary N) is 1. The van der Waals surface area contributed by atoms with Crippen LogP contribution in [-0.2, 0) is 16.2 Å². The number of anilines is 1. The van der Waals surface area contributed by atoms with Gasteiger partial charge >= 0.3 is 6.18 Å². The third-order valence-electron chi connectivity index (χ3n) is 5.62. The summed E-state index contributed by atoms with van der Waals surface area (Å²) in [4.78, 5) is 16.1. The predicted octanol–water partition coefficient (Wildman–Crippen LogP) is 4.74. The molecule has 0 bridgehead atoms. The molecule has 3 heterocycles. The van der Waals surface area contributed by atoms with Gasteiger partial charge in [0.2, 0.25) is 21.7 Å². The van der Waals surface area contributed by atoms with Crippen molar-refractivity contribution < 1.29 is 26.3 Å². The fourth-order valence-corrected chi connectivity index (χ4v) is 4.23. The molecule has 3 aromatic heterocycles. The number of hydrogen-bond acceptors (Lipinski definition) is 8. The summed E-state index contributed by atoms with van der Waals surface area (Å²) >= 11 is 0. The lowest BCUT2D eigenvalue weighted by atomic mass is 10.1. The summed E-state index contributed by atoms with van der Waals surface area (Å²) in [5.74, 6) is -1.74. The molecule has 0 unspecified atom stereocenters. The van der Waals surface area contributed by atoms with Crippen molar-refractivity contribution in [2.24, 2.45) is 0 Å². The number of sulfonamides is 1. The lowest BCUT2D eigenvalue weighted by molar-refractivity contribution is -0.145. The highest BCUT2D eigenvalue weighted by atomic mass is 32.2. The zero-order chi connectivity index (χ0) is 25.7. The van der Waals surface area contributed by atoms with Crippen molar-refractivity contribution in [1.29, 1.82) is 5.26 Å². The summed E-state index contributed by atoms with van der Waals surface area (Å²) in [6, 6.07) is 6.48. The number of halogens is 3. The van der Waals surface area contributed by atoms with Crippen LogP contribution in [0.25, 0.3) is 11.3 Å². The van der Waals surface area contributed by atoms with Crippen molar-refractivity contribution >= 4 is 15.7 Å². The molecule has 5 rings (SSSR count). The van der Waals surface area contributed by atoms with Crippen LogP contribution in [0.2, 0.25) is 0 Å². The first-order valence-electron chi connectivity index (χ1n) is 11.0. The van der Waals surface area contributed by atoms with Gasteiger partial charge in [0.15, 0.2) is 5.75 Å². The molecule has 2 aliphatic carbocycles. The summed E-state index contributed by atoms with van der Waals surface area (Å²) in [5, 5.41) is 9.18. The van der Waals surface area contributed by atoms with E-state index in [0.717, 1.165) is 6.26 Å². The molecule has 2 aliphatic rings. The molecule has 2 fully saturated rings. The Morgan fingerprint density at radius 3 is 2.22 bits per heavy atom. The standard InChI is InChI=1S/C23H19F3N6O3S/c1-36(33,34)32-17-7-6-16(15-8-12(9-27)10-28-11-15)29-21(17)35-20-18(13-2-3-13)30-22(23(24,25)26)31-19(20)14-4-5-14/h6-8,10-11,13-14,32H,2-5H2,1H3. The van der Waals surface area contributed by atoms with Crippen molar-refractivity contribution in [2.75, 3.05) is 11.0 Å². The maximum absolute atomic E-state index is 13.5. The molecule has 13 heteroatoms. The van der Waals surface area contributed by atoms with E-state index in [1.165, 1.54) is 24.5 Å². The number of aromatic nitrogens is 4. The second kappa shape index (κ2) is 8.70. The highest BCUT2D eigenvalue weighted by molar-refractivity contribution is 7.92. The summed E-state index contributed by atoms with van der Waals surface area (Å²) < 4.78 is 73.0. The highest BCUT2D eigenvalue weighted by Crippen LogP contribution is 2.51. The summed E-state index contributed by atoms with van der Waals surface area (Å²) in [6.45, 7) is 0. The normalized spacial score (nSPS) is 15.9. The molecular weight excluding hydrogens is 497 g/mol. The molecule has 0 amide bonds. The van der Waals surface area contributed by atoms with Crippen molar-refractivity contribution in [3.05, 3.63) is 53.4 Å². The highest BCUT2D eigenvalue weighted by Gasteiger charge is 2.42. The van der Waals surface area contributed by atoms with E-state index in [1.807, 2.05) is 6.07 Å². The fourth-order valence-electron chi connectivity index (χ4n) is 3.68. The van der Waals surface area contributed by atoms with E-state index in [9.17, 15) is 26.9 Å². The van der Waals surface area contributed by atoms with Gasteiger partial charge in [-0.3, -0.25) is 9.71 Å². The van der Waals surface area contributed by atoms with Crippen LogP contribution >= 0.6 is 0 Å². The monoisotopic (exact) mass is 516 g/mol. The third-order valence-corrected chi connectivity index (χ3v) is 6.21. The minimum absolute atomic E-state index is 0.00552. The van der Waals surface area contributed by atoms with E-state index >= 15 is 0 Å². The van der Waals surface area contributed by atoms with Crippen LogP contribution in [0.3, 0.4) is 0 Å². The topological polar surface area (TPSA) is 131 Å². The molecule has 1 N–H and O–H groups in total. The van der Waals surface area contributed by atoms with Crippen LogP contribution in [0.4, 0.5) is 18.9 Å². The quantitative estimate of drug-likeness (QED) is 0.476. The van der Waals surface area contributed by atoms with E-state index in [0.29, 0.717) is 42.5 Å². The van der Waals surface area contributed by atoms with Crippen LogP contribution in [-0.4, -0.2) is 34.6 Å². The summed E-state index contributed by atoms with van der Waals surface area (Å²) in [6.07, 6.45) is 1.72. The molecule has 0 spiro atoms. The first-order chi connectivity index (χ1) is 17.0. The molecule has 0 atom stereocenters. The van der Waals surface area contributed by atoms with E-state index in [2.05, 4.69) is 24.7 Å². The molecule has 9 nitrogen and oxygen atoms in total. The maximum atomic E-state index is 13.5. The van der Waals surface area contributed by atoms with E-state index < -0.39 is 22.0 Å². The lowest BCUT2D eigenvalue weighted by Crippen LogP contribution is -2.16. The van der Waals surface area contributed by atoms with Crippen LogP contribution in [0.5, 0.6) is 11.6 Å². The van der Waals surface area contributed by atoms with Gasteiger partial charge in [-0.1, -0.05) is 0 Å². The van der Waals surface area contributed by atoms with Gasteiger partial charge < -0.3 is 4.74 Å². The molecule has 2 saturated carbocycles. The number of alkyl halides is 3. The second-order valence-corrected chi connectivity index (χ2v) is 10.5. The van der Waals surface area contributed by atoms with E-state index in [-0.39, 0.29) is 40.5 Å². The molecule has 3 aromatic rings. The Morgan fingerprint density at radius 1 is 1.06 bits per heavy atom. The lowest BCUT2D eigenvalue weighted by Gasteiger charge is -2.18. The average molecular weight is 517 g/mol. The Balaban J connectivity index is 1.65. The van der Waals surface area contributed by atoms with Gasteiger partial charge in [-0.05, 0) is 43.9 Å². The van der Waals surface area contributed by atoms with Crippen molar-refractivity contribution in [3.63, 3.8) is 0 Å². The number of nitrogens with zero attached hydrogens (tertiary/aromatic N) is 5. The summed E-state index contributed by atoms with van der Waals surface area (Å²) in [5.41, 5.74) is 1.36. The van der Waals surface area contributed by atoms with Crippen molar-refractivity contribution in [1.82, 2.24) is 19.9 Å². The van der Waals surface area contributed by atoms with Gasteiger partial charge in [-0.2, -0.15) is 18.4 Å². The zero-order valence-electron chi connectivity index (χ0n) is 18.9. The molecule has 0 saturated heterocycles. The molecule has 186 valence electrons. The van der Waals surface area contributed by atoms with E-state index in [1.54, 1.807) is 6.07 Å². The number of pyridine rings is 2. The minimum atomic E-state index is -4.72. The van der Waals surface area contributed by atoms with Gasteiger partial charge in [0.1, 0.15) is 11.8 Å². The fraction of sp³-hybridized carbons (Fsp3) is 0.348. The minimum Gasteiger partial charge on any atom is -0.433 e. The first-order valence-corrected chi connectivity index (χ1v) is 12.9. The van der Waals surface area contributed by atoms with Gasteiger partial charge in [0.05, 0.1) is 28.9 Å². The number of rotatable bonds is 7. The van der Waals surface area contributed by atoms with Gasteiger partial charge in [0.25, 0.3) is 0 Å². The predicted molar refractivity (Wildman–Crippen MR) is 122 cm³/mol. The smallest absolute Gasteiger partial charge is 0.433 e. The number of ether oxygens (including phenoxy) is 1. The number of nitriles is 1. The Bertz CT molecular complexity index is 1460. The number of hydrogen-bond donors (Lipinski definition) is 1. The average Bonchev–Trinajstić information content (AvgIpc) is 3.72. The SMILES string of the molecule is CS(=O)(=O)Nc1ccc(-c2cncc(C#N)c2)nc1Oc1c(C2CC2)nc(C(F)(F)F)nc1C1CC1. The molecule has 0 aromatic carbocycles. The Hall–Kier alpha value is -3.79. The Kier molecular flexibility index (Phi) is 5.78.